The molecule has 1 fully saturated rings. The molecule has 8 nitrogen and oxygen atoms in total. The summed E-state index contributed by atoms with van der Waals surface area (Å²) in [5.41, 5.74) is 1.60. The average molecular weight is 443 g/mol. The highest BCUT2D eigenvalue weighted by atomic mass is 16.7. The number of rotatable bonds is 5. The number of ether oxygens (including phenoxy) is 7. The predicted octanol–water partition coefficient (Wildman–Crippen LogP) is 3.40. The van der Waals surface area contributed by atoms with E-state index in [4.69, 9.17) is 33.2 Å². The van der Waals surface area contributed by atoms with Crippen LogP contribution in [0.25, 0.3) is 0 Å². The smallest absolute Gasteiger partial charge is 0.231 e. The minimum atomic E-state index is -0.504. The van der Waals surface area contributed by atoms with Gasteiger partial charge in [-0.2, -0.15) is 0 Å². The Kier molecular flexibility index (Phi) is 5.43. The topological polar surface area (TPSA) is 67.9 Å². The third-order valence-corrected chi connectivity index (χ3v) is 6.56. The first-order valence-electron chi connectivity index (χ1n) is 10.8. The zero-order chi connectivity index (χ0) is 22.3. The van der Waals surface area contributed by atoms with Gasteiger partial charge in [0.05, 0.1) is 34.5 Å². The van der Waals surface area contributed by atoms with E-state index in [0.717, 1.165) is 42.1 Å². The standard InChI is InChI=1S/C24H29NO7/c1-24(25-5-7-29-8-6-25)13-17(15-9-21(26-2)23(28-4)22(10-15)27-3)16-11-19-20(31-14-30-19)12-18(16)32-24/h9-12,17H,5-8,13-14H2,1-4H3. The van der Waals surface area contributed by atoms with Gasteiger partial charge in [0.1, 0.15) is 5.75 Å². The van der Waals surface area contributed by atoms with Crippen LogP contribution < -0.4 is 28.4 Å². The van der Waals surface area contributed by atoms with Crippen molar-refractivity contribution in [3.05, 3.63) is 35.4 Å². The molecule has 1 saturated heterocycles. The Balaban J connectivity index is 1.63. The number of hydrogen-bond donors (Lipinski definition) is 0. The summed E-state index contributed by atoms with van der Waals surface area (Å²) in [6.07, 6.45) is 0.748. The van der Waals surface area contributed by atoms with Crippen LogP contribution in [0.5, 0.6) is 34.5 Å². The molecule has 0 aliphatic carbocycles. The van der Waals surface area contributed by atoms with Crippen LogP contribution in [-0.2, 0) is 4.74 Å². The second kappa shape index (κ2) is 8.26. The molecule has 0 saturated carbocycles. The van der Waals surface area contributed by atoms with E-state index in [9.17, 15) is 0 Å². The second-order valence-corrected chi connectivity index (χ2v) is 8.34. The highest BCUT2D eigenvalue weighted by molar-refractivity contribution is 5.60. The first-order chi connectivity index (χ1) is 15.6. The van der Waals surface area contributed by atoms with Crippen molar-refractivity contribution in [1.29, 1.82) is 0 Å². The van der Waals surface area contributed by atoms with Crippen molar-refractivity contribution in [3.63, 3.8) is 0 Å². The molecule has 2 atom stereocenters. The lowest BCUT2D eigenvalue weighted by Crippen LogP contribution is -2.57. The number of morpholine rings is 1. The Bertz CT molecular complexity index is 979. The molecular formula is C24H29NO7. The van der Waals surface area contributed by atoms with Crippen molar-refractivity contribution in [2.75, 3.05) is 54.4 Å². The molecule has 3 aliphatic rings. The van der Waals surface area contributed by atoms with Gasteiger partial charge in [0.2, 0.25) is 12.5 Å². The minimum absolute atomic E-state index is 0.0230. The molecule has 172 valence electrons. The summed E-state index contributed by atoms with van der Waals surface area (Å²) >= 11 is 0. The van der Waals surface area contributed by atoms with Gasteiger partial charge in [-0.1, -0.05) is 0 Å². The Morgan fingerprint density at radius 2 is 1.53 bits per heavy atom. The molecule has 2 aromatic rings. The lowest BCUT2D eigenvalue weighted by molar-refractivity contribution is -0.124. The van der Waals surface area contributed by atoms with Gasteiger partial charge < -0.3 is 33.2 Å². The Morgan fingerprint density at radius 3 is 2.16 bits per heavy atom. The third-order valence-electron chi connectivity index (χ3n) is 6.56. The maximum absolute atomic E-state index is 6.64. The largest absolute Gasteiger partial charge is 0.493 e. The molecule has 0 bridgehead atoms. The van der Waals surface area contributed by atoms with Crippen LogP contribution in [0.1, 0.15) is 30.4 Å². The van der Waals surface area contributed by atoms with Gasteiger partial charge in [0.25, 0.3) is 0 Å². The SMILES string of the molecule is COc1cc(C2CC(C)(N3CCOCC3)Oc3cc4c(cc32)OCO4)cc(OC)c1OC. The van der Waals surface area contributed by atoms with Gasteiger partial charge in [0, 0.05) is 37.1 Å². The summed E-state index contributed by atoms with van der Waals surface area (Å²) in [7, 11) is 4.88. The van der Waals surface area contributed by atoms with Gasteiger partial charge in [-0.15, -0.1) is 0 Å². The quantitative estimate of drug-likeness (QED) is 0.697. The molecular weight excluding hydrogens is 414 g/mol. The van der Waals surface area contributed by atoms with Crippen LogP contribution in [0, 0.1) is 0 Å². The number of methoxy groups -OCH3 is 3. The molecule has 5 rings (SSSR count). The summed E-state index contributed by atoms with van der Waals surface area (Å²) in [5.74, 6) is 4.10. The van der Waals surface area contributed by atoms with Gasteiger partial charge in [-0.05, 0) is 30.7 Å². The summed E-state index contributed by atoms with van der Waals surface area (Å²) in [5, 5.41) is 0. The molecule has 0 amide bonds. The summed E-state index contributed by atoms with van der Waals surface area (Å²) in [4.78, 5) is 2.36. The van der Waals surface area contributed by atoms with Gasteiger partial charge in [-0.25, -0.2) is 0 Å². The highest BCUT2D eigenvalue weighted by Crippen LogP contribution is 2.52. The Morgan fingerprint density at radius 1 is 0.875 bits per heavy atom. The molecule has 0 aromatic heterocycles. The van der Waals surface area contributed by atoms with Crippen LogP contribution in [-0.4, -0.2) is 65.1 Å². The van der Waals surface area contributed by atoms with Gasteiger partial charge in [-0.3, -0.25) is 4.90 Å². The summed E-state index contributed by atoms with van der Waals surface area (Å²) in [6, 6.07) is 8.02. The Hall–Kier alpha value is -2.84. The van der Waals surface area contributed by atoms with E-state index in [1.807, 2.05) is 24.3 Å². The molecule has 8 heteroatoms. The highest BCUT2D eigenvalue weighted by Gasteiger charge is 2.44. The number of nitrogens with zero attached hydrogens (tertiary/aromatic N) is 1. The molecule has 3 aliphatic heterocycles. The van der Waals surface area contributed by atoms with E-state index >= 15 is 0 Å². The minimum Gasteiger partial charge on any atom is -0.493 e. The van der Waals surface area contributed by atoms with Crippen molar-refractivity contribution in [1.82, 2.24) is 4.90 Å². The van der Waals surface area contributed by atoms with E-state index in [1.165, 1.54) is 0 Å². The zero-order valence-electron chi connectivity index (χ0n) is 18.9. The fourth-order valence-corrected chi connectivity index (χ4v) is 4.90. The maximum Gasteiger partial charge on any atom is 0.231 e. The number of fused-ring (bicyclic) bond motifs is 2. The lowest BCUT2D eigenvalue weighted by atomic mass is 9.81. The van der Waals surface area contributed by atoms with Crippen LogP contribution in [0.15, 0.2) is 24.3 Å². The van der Waals surface area contributed by atoms with E-state index in [0.29, 0.717) is 36.2 Å². The first kappa shape index (κ1) is 21.0. The van der Waals surface area contributed by atoms with Crippen LogP contribution in [0.4, 0.5) is 0 Å². The maximum atomic E-state index is 6.64. The summed E-state index contributed by atoms with van der Waals surface area (Å²) in [6.45, 7) is 5.39. The fraction of sp³-hybridized carbons (Fsp3) is 0.500. The van der Waals surface area contributed by atoms with Gasteiger partial charge >= 0.3 is 0 Å². The fourth-order valence-electron chi connectivity index (χ4n) is 4.90. The number of benzene rings is 2. The molecule has 0 N–H and O–H groups in total. The van der Waals surface area contributed by atoms with Crippen LogP contribution >= 0.6 is 0 Å². The van der Waals surface area contributed by atoms with E-state index in [2.05, 4.69) is 11.8 Å². The Labute approximate surface area is 187 Å². The van der Waals surface area contributed by atoms with Crippen LogP contribution in [0.3, 0.4) is 0 Å². The van der Waals surface area contributed by atoms with Crippen molar-refractivity contribution in [3.8, 4) is 34.5 Å². The third kappa shape index (κ3) is 3.47. The van der Waals surface area contributed by atoms with E-state index in [-0.39, 0.29) is 12.7 Å². The molecule has 0 spiro atoms. The second-order valence-electron chi connectivity index (χ2n) is 8.34. The van der Waals surface area contributed by atoms with Crippen molar-refractivity contribution >= 4 is 0 Å². The van der Waals surface area contributed by atoms with Crippen molar-refractivity contribution in [2.45, 2.75) is 25.0 Å². The number of hydrogen-bond acceptors (Lipinski definition) is 8. The normalized spacial score (nSPS) is 24.4. The molecule has 0 radical (unpaired) electrons. The van der Waals surface area contributed by atoms with Crippen molar-refractivity contribution in [2.24, 2.45) is 0 Å². The predicted molar refractivity (Wildman–Crippen MR) is 117 cm³/mol. The summed E-state index contributed by atoms with van der Waals surface area (Å²) < 4.78 is 40.3. The van der Waals surface area contributed by atoms with E-state index < -0.39 is 5.72 Å². The monoisotopic (exact) mass is 443 g/mol. The van der Waals surface area contributed by atoms with E-state index in [1.54, 1.807) is 21.3 Å². The molecule has 32 heavy (non-hydrogen) atoms. The zero-order valence-corrected chi connectivity index (χ0v) is 18.9. The molecule has 3 heterocycles. The molecule has 2 unspecified atom stereocenters. The van der Waals surface area contributed by atoms with Crippen LogP contribution in [0.2, 0.25) is 0 Å². The molecule has 2 aromatic carbocycles. The average Bonchev–Trinajstić information content (AvgIpc) is 3.29. The lowest BCUT2D eigenvalue weighted by Gasteiger charge is -2.48. The van der Waals surface area contributed by atoms with Gasteiger partial charge in [0.15, 0.2) is 28.7 Å². The first-order valence-corrected chi connectivity index (χ1v) is 10.8. The van der Waals surface area contributed by atoms with Crippen molar-refractivity contribution < 1.29 is 33.2 Å².